The summed E-state index contributed by atoms with van der Waals surface area (Å²) in [6, 6.07) is 12.6. The Morgan fingerprint density at radius 3 is 2.61 bits per heavy atom. The summed E-state index contributed by atoms with van der Waals surface area (Å²) in [6.07, 6.45) is 1.48. The molecular formula is C16H13BrFN3O2. The van der Waals surface area contributed by atoms with Crippen LogP contribution in [0.2, 0.25) is 0 Å². The van der Waals surface area contributed by atoms with Crippen LogP contribution < -0.4 is 10.7 Å². The Bertz CT molecular complexity index is 732. The van der Waals surface area contributed by atoms with E-state index in [2.05, 4.69) is 31.8 Å². The number of hydrogen-bond acceptors (Lipinski definition) is 3. The standard InChI is InChI=1S/C16H13BrFN3O2/c17-13-6-4-11(5-7-13)9-20-21-15(22)10-19-16(23)12-2-1-3-14(18)8-12/h1-9H,10H2,(H,19,23)(H,21,22)/b20-9-. The molecule has 0 bridgehead atoms. The molecule has 0 spiro atoms. The molecule has 2 aromatic carbocycles. The van der Waals surface area contributed by atoms with Gasteiger partial charge in [-0.15, -0.1) is 0 Å². The molecule has 0 aliphatic heterocycles. The quantitative estimate of drug-likeness (QED) is 0.620. The minimum Gasteiger partial charge on any atom is -0.343 e. The maximum Gasteiger partial charge on any atom is 0.259 e. The molecule has 0 saturated carbocycles. The van der Waals surface area contributed by atoms with E-state index in [0.717, 1.165) is 16.1 Å². The number of hydrogen-bond donors (Lipinski definition) is 2. The van der Waals surface area contributed by atoms with E-state index < -0.39 is 17.6 Å². The van der Waals surface area contributed by atoms with Crippen LogP contribution in [0.5, 0.6) is 0 Å². The largest absolute Gasteiger partial charge is 0.343 e. The lowest BCUT2D eigenvalue weighted by atomic mass is 10.2. The van der Waals surface area contributed by atoms with Gasteiger partial charge in [-0.1, -0.05) is 34.1 Å². The van der Waals surface area contributed by atoms with E-state index >= 15 is 0 Å². The van der Waals surface area contributed by atoms with Crippen molar-refractivity contribution in [2.24, 2.45) is 5.10 Å². The maximum absolute atomic E-state index is 13.0. The molecule has 7 heteroatoms. The van der Waals surface area contributed by atoms with Crippen molar-refractivity contribution in [1.82, 2.24) is 10.7 Å². The van der Waals surface area contributed by atoms with Crippen LogP contribution in [0.1, 0.15) is 15.9 Å². The van der Waals surface area contributed by atoms with Crippen molar-refractivity contribution in [3.05, 3.63) is 69.9 Å². The molecule has 118 valence electrons. The van der Waals surface area contributed by atoms with Gasteiger partial charge in [0.1, 0.15) is 5.82 Å². The van der Waals surface area contributed by atoms with E-state index in [0.29, 0.717) is 0 Å². The summed E-state index contributed by atoms with van der Waals surface area (Å²) in [4.78, 5) is 23.3. The number of nitrogens with one attached hydrogen (secondary N) is 2. The van der Waals surface area contributed by atoms with Gasteiger partial charge < -0.3 is 5.32 Å². The fourth-order valence-corrected chi connectivity index (χ4v) is 1.92. The highest BCUT2D eigenvalue weighted by atomic mass is 79.9. The van der Waals surface area contributed by atoms with Crippen molar-refractivity contribution in [3.8, 4) is 0 Å². The van der Waals surface area contributed by atoms with Crippen LogP contribution in [0.4, 0.5) is 4.39 Å². The SMILES string of the molecule is O=C(CNC(=O)c1cccc(F)c1)N/N=C\c1ccc(Br)cc1. The van der Waals surface area contributed by atoms with Gasteiger partial charge in [0.15, 0.2) is 0 Å². The van der Waals surface area contributed by atoms with Gasteiger partial charge in [-0.2, -0.15) is 5.10 Å². The third-order valence-electron chi connectivity index (χ3n) is 2.77. The summed E-state index contributed by atoms with van der Waals surface area (Å²) in [5.74, 6) is -1.53. The molecule has 0 aliphatic rings. The van der Waals surface area contributed by atoms with Crippen LogP contribution in [0, 0.1) is 5.82 Å². The molecular weight excluding hydrogens is 365 g/mol. The van der Waals surface area contributed by atoms with Gasteiger partial charge in [0.05, 0.1) is 12.8 Å². The first-order chi connectivity index (χ1) is 11.0. The predicted molar refractivity (Wildman–Crippen MR) is 88.6 cm³/mol. The molecule has 0 heterocycles. The second kappa shape index (κ2) is 8.19. The Balaban J connectivity index is 1.78. The van der Waals surface area contributed by atoms with Crippen molar-refractivity contribution in [3.63, 3.8) is 0 Å². The zero-order chi connectivity index (χ0) is 16.7. The smallest absolute Gasteiger partial charge is 0.259 e. The molecule has 2 N–H and O–H groups in total. The molecule has 2 rings (SSSR count). The molecule has 0 saturated heterocycles. The van der Waals surface area contributed by atoms with Gasteiger partial charge in [0.25, 0.3) is 11.8 Å². The third kappa shape index (κ3) is 5.63. The number of carbonyl (C=O) groups excluding carboxylic acids is 2. The summed E-state index contributed by atoms with van der Waals surface area (Å²) >= 11 is 3.32. The molecule has 0 fully saturated rings. The zero-order valence-electron chi connectivity index (χ0n) is 11.9. The Morgan fingerprint density at radius 2 is 1.91 bits per heavy atom. The molecule has 0 unspecified atom stereocenters. The number of amides is 2. The predicted octanol–water partition coefficient (Wildman–Crippen LogP) is 2.47. The Labute approximate surface area is 140 Å². The van der Waals surface area contributed by atoms with Crippen LogP contribution in [-0.2, 0) is 4.79 Å². The summed E-state index contributed by atoms with van der Waals surface area (Å²) in [5.41, 5.74) is 3.26. The van der Waals surface area contributed by atoms with E-state index in [1.54, 1.807) is 0 Å². The highest BCUT2D eigenvalue weighted by Gasteiger charge is 2.08. The molecule has 2 aromatic rings. The van der Waals surface area contributed by atoms with Crippen LogP contribution in [0.25, 0.3) is 0 Å². The number of halogens is 2. The minimum atomic E-state index is -0.531. The number of benzene rings is 2. The average molecular weight is 378 g/mol. The molecule has 23 heavy (non-hydrogen) atoms. The highest BCUT2D eigenvalue weighted by Crippen LogP contribution is 2.08. The van der Waals surface area contributed by atoms with E-state index in [1.807, 2.05) is 24.3 Å². The zero-order valence-corrected chi connectivity index (χ0v) is 13.5. The van der Waals surface area contributed by atoms with Crippen LogP contribution in [-0.4, -0.2) is 24.6 Å². The molecule has 5 nitrogen and oxygen atoms in total. The fraction of sp³-hybridized carbons (Fsp3) is 0.0625. The van der Waals surface area contributed by atoms with E-state index in [9.17, 15) is 14.0 Å². The second-order valence-corrected chi connectivity index (χ2v) is 5.45. The fourth-order valence-electron chi connectivity index (χ4n) is 1.66. The highest BCUT2D eigenvalue weighted by molar-refractivity contribution is 9.10. The first-order valence-electron chi connectivity index (χ1n) is 6.66. The van der Waals surface area contributed by atoms with E-state index in [1.165, 1.54) is 24.4 Å². The Morgan fingerprint density at radius 1 is 1.17 bits per heavy atom. The van der Waals surface area contributed by atoms with E-state index in [4.69, 9.17) is 0 Å². The van der Waals surface area contributed by atoms with E-state index in [-0.39, 0.29) is 12.1 Å². The molecule has 2 amide bonds. The monoisotopic (exact) mass is 377 g/mol. The first kappa shape index (κ1) is 16.8. The van der Waals surface area contributed by atoms with Crippen molar-refractivity contribution < 1.29 is 14.0 Å². The lowest BCUT2D eigenvalue weighted by molar-refractivity contribution is -0.120. The summed E-state index contributed by atoms with van der Waals surface area (Å²) in [7, 11) is 0. The number of rotatable bonds is 5. The average Bonchev–Trinajstić information content (AvgIpc) is 2.54. The summed E-state index contributed by atoms with van der Waals surface area (Å²) < 4.78 is 13.9. The van der Waals surface area contributed by atoms with Gasteiger partial charge in [0, 0.05) is 10.0 Å². The van der Waals surface area contributed by atoms with Crippen molar-refractivity contribution in [2.45, 2.75) is 0 Å². The molecule has 0 radical (unpaired) electrons. The van der Waals surface area contributed by atoms with Gasteiger partial charge in [-0.05, 0) is 35.9 Å². The van der Waals surface area contributed by atoms with Gasteiger partial charge in [-0.3, -0.25) is 9.59 Å². The van der Waals surface area contributed by atoms with Gasteiger partial charge in [0.2, 0.25) is 0 Å². The second-order valence-electron chi connectivity index (χ2n) is 4.54. The lowest BCUT2D eigenvalue weighted by Gasteiger charge is -2.04. The van der Waals surface area contributed by atoms with Gasteiger partial charge in [-0.25, -0.2) is 9.82 Å². The van der Waals surface area contributed by atoms with Crippen LogP contribution in [0.3, 0.4) is 0 Å². The lowest BCUT2D eigenvalue weighted by Crippen LogP contribution is -2.34. The van der Waals surface area contributed by atoms with Crippen molar-refractivity contribution >= 4 is 34.0 Å². The Kier molecular flexibility index (Phi) is 5.99. The maximum atomic E-state index is 13.0. The summed E-state index contributed by atoms with van der Waals surface area (Å²) in [6.45, 7) is -0.257. The van der Waals surface area contributed by atoms with Crippen molar-refractivity contribution in [1.29, 1.82) is 0 Å². The van der Waals surface area contributed by atoms with Crippen LogP contribution in [0.15, 0.2) is 58.1 Å². The topological polar surface area (TPSA) is 70.6 Å². The number of hydrazone groups is 1. The molecule has 0 atom stereocenters. The summed E-state index contributed by atoms with van der Waals surface area (Å²) in [5, 5.41) is 6.17. The van der Waals surface area contributed by atoms with Crippen molar-refractivity contribution in [2.75, 3.05) is 6.54 Å². The van der Waals surface area contributed by atoms with Crippen LogP contribution >= 0.6 is 15.9 Å². The third-order valence-corrected chi connectivity index (χ3v) is 3.30. The Hall–Kier alpha value is -2.54. The number of carbonyl (C=O) groups is 2. The number of nitrogens with zero attached hydrogens (tertiary/aromatic N) is 1. The normalized spacial score (nSPS) is 10.5. The minimum absolute atomic E-state index is 0.149. The first-order valence-corrected chi connectivity index (χ1v) is 7.45. The molecule has 0 aliphatic carbocycles. The molecule has 0 aromatic heterocycles. The van der Waals surface area contributed by atoms with Gasteiger partial charge >= 0.3 is 0 Å².